The number of benzene rings is 2. The second kappa shape index (κ2) is 8.67. The molecule has 0 aliphatic heterocycles. The maximum absolute atomic E-state index is 12.9. The Kier molecular flexibility index (Phi) is 6.06. The molecule has 3 aromatic rings. The van der Waals surface area contributed by atoms with Gasteiger partial charge in [0.1, 0.15) is 5.82 Å². The molecule has 0 spiro atoms. The largest absolute Gasteiger partial charge is 0.302 e. The molecule has 0 saturated heterocycles. The van der Waals surface area contributed by atoms with E-state index < -0.39 is 5.82 Å². The van der Waals surface area contributed by atoms with Crippen LogP contribution in [0.3, 0.4) is 0 Å². The molecule has 0 radical (unpaired) electrons. The normalized spacial score (nSPS) is 10.5. The van der Waals surface area contributed by atoms with Gasteiger partial charge in [-0.25, -0.2) is 9.37 Å². The van der Waals surface area contributed by atoms with Crippen molar-refractivity contribution < 1.29 is 18.8 Å². The van der Waals surface area contributed by atoms with Crippen LogP contribution in [0.1, 0.15) is 39.8 Å². The molecule has 2 aromatic carbocycles. The van der Waals surface area contributed by atoms with Gasteiger partial charge in [-0.05, 0) is 24.3 Å². The Morgan fingerprint density at radius 1 is 1.00 bits per heavy atom. The summed E-state index contributed by atoms with van der Waals surface area (Å²) in [7, 11) is 0. The van der Waals surface area contributed by atoms with E-state index in [1.165, 1.54) is 31.2 Å². The number of amides is 1. The number of hydrogen-bond donors (Lipinski definition) is 1. The number of nitrogens with one attached hydrogen (secondary N) is 1. The van der Waals surface area contributed by atoms with Crippen molar-refractivity contribution in [2.24, 2.45) is 0 Å². The zero-order chi connectivity index (χ0) is 20.1. The van der Waals surface area contributed by atoms with Gasteiger partial charge in [0.05, 0.1) is 10.6 Å². The Morgan fingerprint density at radius 2 is 1.68 bits per heavy atom. The fraction of sp³-hybridized carbons (Fsp3) is 0.143. The first kappa shape index (κ1) is 19.6. The molecule has 1 aromatic heterocycles. The molecular formula is C21H17FN2O3S. The van der Waals surface area contributed by atoms with Crippen molar-refractivity contribution >= 4 is 33.9 Å². The summed E-state index contributed by atoms with van der Waals surface area (Å²) in [5, 5.41) is 2.96. The maximum atomic E-state index is 12.9. The van der Waals surface area contributed by atoms with Gasteiger partial charge in [-0.3, -0.25) is 14.4 Å². The highest BCUT2D eigenvalue weighted by atomic mass is 32.1. The Morgan fingerprint density at radius 3 is 2.32 bits per heavy atom. The molecule has 1 heterocycles. The van der Waals surface area contributed by atoms with Gasteiger partial charge in [-0.15, -0.1) is 0 Å². The van der Waals surface area contributed by atoms with Gasteiger partial charge in [0.25, 0.3) is 0 Å². The van der Waals surface area contributed by atoms with E-state index in [4.69, 9.17) is 0 Å². The van der Waals surface area contributed by atoms with Crippen LogP contribution in [-0.2, 0) is 4.79 Å². The quantitative estimate of drug-likeness (QED) is 0.585. The van der Waals surface area contributed by atoms with Crippen LogP contribution in [0.15, 0.2) is 54.6 Å². The summed E-state index contributed by atoms with van der Waals surface area (Å²) < 4.78 is 12.9. The first-order valence-electron chi connectivity index (χ1n) is 8.60. The fourth-order valence-electron chi connectivity index (χ4n) is 2.59. The number of carbonyl (C=O) groups excluding carboxylic acids is 3. The lowest BCUT2D eigenvalue weighted by atomic mass is 10.1. The van der Waals surface area contributed by atoms with Gasteiger partial charge in [-0.2, -0.15) is 0 Å². The summed E-state index contributed by atoms with van der Waals surface area (Å²) in [5.74, 6) is -1.18. The number of rotatable bonds is 7. The summed E-state index contributed by atoms with van der Waals surface area (Å²) in [6.45, 7) is 1.45. The van der Waals surface area contributed by atoms with Gasteiger partial charge in [0, 0.05) is 30.9 Å². The van der Waals surface area contributed by atoms with Gasteiger partial charge < -0.3 is 5.32 Å². The minimum atomic E-state index is -0.423. The molecule has 28 heavy (non-hydrogen) atoms. The van der Waals surface area contributed by atoms with Crippen LogP contribution in [-0.4, -0.2) is 22.5 Å². The van der Waals surface area contributed by atoms with Crippen LogP contribution in [0.5, 0.6) is 0 Å². The molecule has 1 N–H and O–H groups in total. The van der Waals surface area contributed by atoms with E-state index in [9.17, 15) is 18.8 Å². The molecule has 1 amide bonds. The van der Waals surface area contributed by atoms with Crippen molar-refractivity contribution in [3.8, 4) is 11.3 Å². The number of thiazole rings is 1. The molecular weight excluding hydrogens is 379 g/mol. The minimum Gasteiger partial charge on any atom is -0.302 e. The molecule has 142 valence electrons. The van der Waals surface area contributed by atoms with Crippen molar-refractivity contribution in [3.05, 3.63) is 70.9 Å². The van der Waals surface area contributed by atoms with Crippen molar-refractivity contribution in [1.82, 2.24) is 4.98 Å². The third-order valence-corrected chi connectivity index (χ3v) is 5.06. The predicted octanol–water partition coefficient (Wildman–Crippen LogP) is 4.75. The van der Waals surface area contributed by atoms with Crippen LogP contribution in [0.2, 0.25) is 0 Å². The first-order chi connectivity index (χ1) is 13.4. The molecule has 0 unspecified atom stereocenters. The number of nitrogens with zero attached hydrogens (tertiary/aromatic N) is 1. The standard InChI is InChI=1S/C21H17FN2O3S/c1-13(25)20-19(15-5-3-2-4-6-15)24-21(28-20)23-18(27)12-11-17(26)14-7-9-16(22)10-8-14/h2-10H,11-12H2,1H3,(H,23,24,27). The number of anilines is 1. The van der Waals surface area contributed by atoms with Crippen molar-refractivity contribution in [3.63, 3.8) is 0 Å². The molecule has 0 saturated carbocycles. The summed E-state index contributed by atoms with van der Waals surface area (Å²) >= 11 is 1.10. The Hall–Kier alpha value is -3.19. The summed E-state index contributed by atoms with van der Waals surface area (Å²) in [4.78, 5) is 41.0. The third-order valence-electron chi connectivity index (χ3n) is 3.99. The number of halogens is 1. The minimum absolute atomic E-state index is 0.00600. The molecule has 0 bridgehead atoms. The van der Waals surface area contributed by atoms with E-state index in [0.717, 1.165) is 16.9 Å². The second-order valence-electron chi connectivity index (χ2n) is 6.10. The lowest BCUT2D eigenvalue weighted by Crippen LogP contribution is -2.13. The highest BCUT2D eigenvalue weighted by molar-refractivity contribution is 7.18. The van der Waals surface area contributed by atoms with Crippen LogP contribution >= 0.6 is 11.3 Å². The summed E-state index contributed by atoms with van der Waals surface area (Å²) in [6.07, 6.45) is -0.0419. The van der Waals surface area contributed by atoms with Crippen LogP contribution in [0.4, 0.5) is 9.52 Å². The molecule has 0 atom stereocenters. The van der Waals surface area contributed by atoms with Gasteiger partial charge >= 0.3 is 0 Å². The van der Waals surface area contributed by atoms with E-state index in [0.29, 0.717) is 21.3 Å². The monoisotopic (exact) mass is 396 g/mol. The number of hydrogen-bond acceptors (Lipinski definition) is 5. The highest BCUT2D eigenvalue weighted by Crippen LogP contribution is 2.31. The summed E-state index contributed by atoms with van der Waals surface area (Å²) in [5.41, 5.74) is 1.67. The number of aromatic nitrogens is 1. The zero-order valence-electron chi connectivity index (χ0n) is 15.1. The van der Waals surface area contributed by atoms with E-state index in [-0.39, 0.29) is 30.3 Å². The SMILES string of the molecule is CC(=O)c1sc(NC(=O)CCC(=O)c2ccc(F)cc2)nc1-c1ccccc1. The third kappa shape index (κ3) is 4.75. The topological polar surface area (TPSA) is 76.1 Å². The molecule has 0 fully saturated rings. The molecule has 3 rings (SSSR count). The number of Topliss-reactive ketones (excluding diaryl/α,β-unsaturated/α-hetero) is 2. The van der Waals surface area contributed by atoms with Crippen LogP contribution < -0.4 is 5.32 Å². The molecule has 0 aliphatic rings. The zero-order valence-corrected chi connectivity index (χ0v) is 15.9. The smallest absolute Gasteiger partial charge is 0.226 e. The van der Waals surface area contributed by atoms with Crippen molar-refractivity contribution in [2.45, 2.75) is 19.8 Å². The number of carbonyl (C=O) groups is 3. The second-order valence-corrected chi connectivity index (χ2v) is 7.10. The van der Waals surface area contributed by atoms with Crippen molar-refractivity contribution in [2.75, 3.05) is 5.32 Å². The maximum Gasteiger partial charge on any atom is 0.226 e. The lowest BCUT2D eigenvalue weighted by molar-refractivity contribution is -0.116. The Labute approximate surface area is 165 Å². The van der Waals surface area contributed by atoms with E-state index in [1.54, 1.807) is 0 Å². The Balaban J connectivity index is 1.66. The fourth-order valence-corrected chi connectivity index (χ4v) is 3.49. The van der Waals surface area contributed by atoms with Gasteiger partial charge in [0.2, 0.25) is 5.91 Å². The molecule has 7 heteroatoms. The predicted molar refractivity (Wildman–Crippen MR) is 106 cm³/mol. The van der Waals surface area contributed by atoms with E-state index in [1.807, 2.05) is 30.3 Å². The molecule has 5 nitrogen and oxygen atoms in total. The van der Waals surface area contributed by atoms with Gasteiger partial charge in [0.15, 0.2) is 16.7 Å². The van der Waals surface area contributed by atoms with Crippen LogP contribution in [0.25, 0.3) is 11.3 Å². The van der Waals surface area contributed by atoms with E-state index >= 15 is 0 Å². The average molecular weight is 396 g/mol. The van der Waals surface area contributed by atoms with Gasteiger partial charge in [-0.1, -0.05) is 41.7 Å². The average Bonchev–Trinajstić information content (AvgIpc) is 3.11. The molecule has 0 aliphatic carbocycles. The Bertz CT molecular complexity index is 1010. The highest BCUT2D eigenvalue weighted by Gasteiger charge is 2.18. The van der Waals surface area contributed by atoms with E-state index in [2.05, 4.69) is 10.3 Å². The first-order valence-corrected chi connectivity index (χ1v) is 9.41. The van der Waals surface area contributed by atoms with Crippen LogP contribution in [0, 0.1) is 5.82 Å². The lowest BCUT2D eigenvalue weighted by Gasteiger charge is -2.02. The summed E-state index contributed by atoms with van der Waals surface area (Å²) in [6, 6.07) is 14.4. The number of ketones is 2. The van der Waals surface area contributed by atoms with Crippen molar-refractivity contribution in [1.29, 1.82) is 0 Å².